The van der Waals surface area contributed by atoms with Gasteiger partial charge in [0.15, 0.2) is 5.01 Å². The summed E-state index contributed by atoms with van der Waals surface area (Å²) in [4.78, 5) is 20.0. The molecule has 0 amide bonds. The molecule has 0 aliphatic heterocycles. The van der Waals surface area contributed by atoms with E-state index in [2.05, 4.69) is 15.0 Å². The summed E-state index contributed by atoms with van der Waals surface area (Å²) < 4.78 is 12.0. The molecule has 0 spiro atoms. The number of aromatic nitrogens is 3. The highest BCUT2D eigenvalue weighted by Gasteiger charge is 2.14. The summed E-state index contributed by atoms with van der Waals surface area (Å²) >= 11 is 1.37. The van der Waals surface area contributed by atoms with Gasteiger partial charge in [0.05, 0.1) is 25.5 Å². The maximum atomic E-state index is 12.6. The van der Waals surface area contributed by atoms with E-state index >= 15 is 0 Å². The lowest BCUT2D eigenvalue weighted by Gasteiger charge is -2.16. The number of ether oxygens (including phenoxy) is 2. The van der Waals surface area contributed by atoms with Gasteiger partial charge in [-0.05, 0) is 36.9 Å². The van der Waals surface area contributed by atoms with Gasteiger partial charge >= 0.3 is 0 Å². The summed E-state index contributed by atoms with van der Waals surface area (Å²) in [6.07, 6.45) is 0. The maximum absolute atomic E-state index is 12.6. The molecule has 4 aromatic rings. The van der Waals surface area contributed by atoms with Crippen molar-refractivity contribution in [1.29, 1.82) is 0 Å². The quantitative estimate of drug-likeness (QED) is 0.454. The highest BCUT2D eigenvalue weighted by Crippen LogP contribution is 2.32. The van der Waals surface area contributed by atoms with Crippen LogP contribution in [0.3, 0.4) is 0 Å². The van der Waals surface area contributed by atoms with E-state index in [0.717, 1.165) is 23.4 Å². The third-order valence-corrected chi connectivity index (χ3v) is 5.62. The van der Waals surface area contributed by atoms with E-state index in [9.17, 15) is 4.79 Å². The van der Waals surface area contributed by atoms with Crippen LogP contribution in [0.25, 0.3) is 15.5 Å². The van der Waals surface area contributed by atoms with Crippen LogP contribution in [0.4, 0.5) is 0 Å². The van der Waals surface area contributed by atoms with Crippen molar-refractivity contribution < 1.29 is 9.47 Å². The van der Waals surface area contributed by atoms with Crippen molar-refractivity contribution in [3.05, 3.63) is 76.2 Å². The van der Waals surface area contributed by atoms with Gasteiger partial charge in [-0.2, -0.15) is 9.61 Å². The number of hydrogen-bond acceptors (Lipinski definition) is 7. The van der Waals surface area contributed by atoms with Crippen molar-refractivity contribution in [2.24, 2.45) is 0 Å². The van der Waals surface area contributed by atoms with E-state index in [1.807, 2.05) is 55.6 Å². The molecular formula is C22H22N4O3S. The fourth-order valence-corrected chi connectivity index (χ4v) is 4.20. The molecule has 0 atom stereocenters. The van der Waals surface area contributed by atoms with Crippen LogP contribution in [0, 0.1) is 0 Å². The predicted octanol–water partition coefficient (Wildman–Crippen LogP) is 3.47. The topological polar surface area (TPSA) is 69.0 Å². The fourth-order valence-electron chi connectivity index (χ4n) is 3.24. The maximum Gasteiger partial charge on any atom is 0.275 e. The number of para-hydroxylation sites is 1. The van der Waals surface area contributed by atoms with Gasteiger partial charge in [0.25, 0.3) is 5.56 Å². The number of benzene rings is 2. The molecular weight excluding hydrogens is 400 g/mol. The first-order valence-electron chi connectivity index (χ1n) is 9.42. The van der Waals surface area contributed by atoms with Crippen LogP contribution < -0.4 is 15.0 Å². The van der Waals surface area contributed by atoms with Gasteiger partial charge in [0.2, 0.25) is 4.96 Å². The van der Waals surface area contributed by atoms with Crippen molar-refractivity contribution in [3.8, 4) is 22.1 Å². The highest BCUT2D eigenvalue weighted by molar-refractivity contribution is 7.19. The Morgan fingerprint density at radius 3 is 2.53 bits per heavy atom. The first-order valence-corrected chi connectivity index (χ1v) is 10.2. The Labute approximate surface area is 178 Å². The summed E-state index contributed by atoms with van der Waals surface area (Å²) in [7, 11) is 5.27. The zero-order valence-electron chi connectivity index (χ0n) is 17.0. The van der Waals surface area contributed by atoms with Crippen molar-refractivity contribution in [1.82, 2.24) is 19.5 Å². The summed E-state index contributed by atoms with van der Waals surface area (Å²) in [6, 6.07) is 17.1. The van der Waals surface area contributed by atoms with E-state index in [1.54, 1.807) is 20.3 Å². The number of fused-ring (bicyclic) bond motifs is 1. The molecule has 0 aliphatic rings. The van der Waals surface area contributed by atoms with E-state index in [4.69, 9.17) is 9.47 Å². The summed E-state index contributed by atoms with van der Waals surface area (Å²) in [5, 5.41) is 5.15. The molecule has 7 nitrogen and oxygen atoms in total. The van der Waals surface area contributed by atoms with E-state index in [0.29, 0.717) is 28.0 Å². The molecule has 154 valence electrons. The Balaban J connectivity index is 1.57. The minimum Gasteiger partial charge on any atom is -0.497 e. The summed E-state index contributed by atoms with van der Waals surface area (Å²) in [5.74, 6) is 1.54. The Morgan fingerprint density at radius 1 is 1.03 bits per heavy atom. The van der Waals surface area contributed by atoms with E-state index < -0.39 is 0 Å². The first-order chi connectivity index (χ1) is 14.6. The minimum absolute atomic E-state index is 0.190. The predicted molar refractivity (Wildman–Crippen MR) is 117 cm³/mol. The lowest BCUT2D eigenvalue weighted by atomic mass is 10.2. The number of methoxy groups -OCH3 is 2. The number of rotatable bonds is 7. The smallest absolute Gasteiger partial charge is 0.275 e. The summed E-state index contributed by atoms with van der Waals surface area (Å²) in [6.45, 7) is 1.29. The molecule has 0 radical (unpaired) electrons. The molecule has 30 heavy (non-hydrogen) atoms. The van der Waals surface area contributed by atoms with E-state index in [-0.39, 0.29) is 5.56 Å². The molecule has 0 saturated heterocycles. The van der Waals surface area contributed by atoms with Gasteiger partial charge in [-0.15, -0.1) is 0 Å². The molecule has 2 aromatic carbocycles. The second-order valence-electron chi connectivity index (χ2n) is 6.91. The van der Waals surface area contributed by atoms with Gasteiger partial charge in [-0.3, -0.25) is 9.69 Å². The highest BCUT2D eigenvalue weighted by atomic mass is 32.1. The lowest BCUT2D eigenvalue weighted by Crippen LogP contribution is -2.21. The number of hydrogen-bond donors (Lipinski definition) is 0. The van der Waals surface area contributed by atoms with Crippen LogP contribution in [-0.4, -0.2) is 40.8 Å². The lowest BCUT2D eigenvalue weighted by molar-refractivity contribution is 0.315. The molecule has 0 N–H and O–H groups in total. The molecule has 2 aromatic heterocycles. The Morgan fingerprint density at radius 2 is 1.80 bits per heavy atom. The van der Waals surface area contributed by atoms with Crippen molar-refractivity contribution in [2.75, 3.05) is 21.3 Å². The molecule has 0 bridgehead atoms. The van der Waals surface area contributed by atoms with Crippen molar-refractivity contribution >= 4 is 16.3 Å². The van der Waals surface area contributed by atoms with E-state index in [1.165, 1.54) is 15.9 Å². The SMILES string of the molecule is COc1ccc(CN(C)Cc2cc(=O)n3nc(-c4ccccc4OC)sc3n2)cc1. The average molecular weight is 423 g/mol. The monoisotopic (exact) mass is 422 g/mol. The van der Waals surface area contributed by atoms with Crippen LogP contribution in [0.15, 0.2) is 59.4 Å². The Kier molecular flexibility index (Phi) is 5.78. The molecule has 0 saturated carbocycles. The van der Waals surface area contributed by atoms with Crippen LogP contribution in [0.1, 0.15) is 11.3 Å². The van der Waals surface area contributed by atoms with Gasteiger partial charge < -0.3 is 9.47 Å². The molecule has 0 aliphatic carbocycles. The normalized spacial score (nSPS) is 11.2. The molecule has 0 unspecified atom stereocenters. The molecule has 4 rings (SSSR count). The van der Waals surface area contributed by atoms with Crippen LogP contribution in [0.2, 0.25) is 0 Å². The van der Waals surface area contributed by atoms with Crippen LogP contribution in [-0.2, 0) is 13.1 Å². The molecule has 0 fully saturated rings. The fraction of sp³-hybridized carbons (Fsp3) is 0.227. The summed E-state index contributed by atoms with van der Waals surface area (Å²) in [5.41, 5.74) is 2.52. The minimum atomic E-state index is -0.190. The van der Waals surface area contributed by atoms with Crippen molar-refractivity contribution in [2.45, 2.75) is 13.1 Å². The standard InChI is InChI=1S/C22H22N4O3S/c1-25(13-15-8-10-17(28-2)11-9-15)14-16-12-20(27)26-22(23-16)30-21(24-26)18-6-4-5-7-19(18)29-3/h4-12H,13-14H2,1-3H3. The zero-order chi connectivity index (χ0) is 21.1. The van der Waals surface area contributed by atoms with Crippen LogP contribution >= 0.6 is 11.3 Å². The Hall–Kier alpha value is -3.23. The third-order valence-electron chi connectivity index (χ3n) is 4.68. The average Bonchev–Trinajstić information content (AvgIpc) is 3.18. The van der Waals surface area contributed by atoms with Crippen LogP contribution in [0.5, 0.6) is 11.5 Å². The van der Waals surface area contributed by atoms with Gasteiger partial charge in [-0.25, -0.2) is 4.98 Å². The number of nitrogens with zero attached hydrogens (tertiary/aromatic N) is 4. The van der Waals surface area contributed by atoms with Gasteiger partial charge in [0, 0.05) is 19.2 Å². The third kappa shape index (κ3) is 4.19. The Bertz CT molecular complexity index is 1220. The first kappa shape index (κ1) is 20.1. The van der Waals surface area contributed by atoms with Gasteiger partial charge in [0.1, 0.15) is 11.5 Å². The molecule has 2 heterocycles. The largest absolute Gasteiger partial charge is 0.497 e. The second kappa shape index (κ2) is 8.64. The molecule has 8 heteroatoms. The van der Waals surface area contributed by atoms with Crippen molar-refractivity contribution in [3.63, 3.8) is 0 Å². The zero-order valence-corrected chi connectivity index (χ0v) is 17.8. The second-order valence-corrected chi connectivity index (χ2v) is 7.86. The van der Waals surface area contributed by atoms with Gasteiger partial charge in [-0.1, -0.05) is 35.6 Å².